The number of Topliss-reactive ketones (excluding diaryl/α,β-unsaturated/α-hetero) is 1. The first-order chi connectivity index (χ1) is 6.70. The summed E-state index contributed by atoms with van der Waals surface area (Å²) in [6.07, 6.45) is 0.757. The third-order valence-corrected chi connectivity index (χ3v) is 2.35. The highest BCUT2D eigenvalue weighted by Crippen LogP contribution is 2.21. The van der Waals surface area contributed by atoms with Crippen LogP contribution in [0.1, 0.15) is 17.5 Å². The van der Waals surface area contributed by atoms with Gasteiger partial charge in [0.15, 0.2) is 0 Å². The van der Waals surface area contributed by atoms with Crippen LogP contribution in [0.5, 0.6) is 0 Å². The van der Waals surface area contributed by atoms with Crippen LogP contribution in [-0.2, 0) is 11.2 Å². The number of hydrazone groups is 1. The van der Waals surface area contributed by atoms with Gasteiger partial charge in [-0.1, -0.05) is 6.07 Å². The van der Waals surface area contributed by atoms with Crippen molar-refractivity contribution in [1.82, 2.24) is 0 Å². The van der Waals surface area contributed by atoms with E-state index < -0.39 is 0 Å². The van der Waals surface area contributed by atoms with Gasteiger partial charge in [0, 0.05) is 17.7 Å². The third kappa shape index (κ3) is 1.35. The zero-order chi connectivity index (χ0) is 10.1. The number of carbonyl (C=O) groups excluding carboxylic acids is 1. The van der Waals surface area contributed by atoms with E-state index in [1.54, 1.807) is 12.1 Å². The Labute approximate surface area is 81.6 Å². The summed E-state index contributed by atoms with van der Waals surface area (Å²) in [5, 5.41) is 3.62. The van der Waals surface area contributed by atoms with E-state index in [9.17, 15) is 4.79 Å². The fourth-order valence-electron chi connectivity index (χ4n) is 1.71. The van der Waals surface area contributed by atoms with Crippen LogP contribution in [0.25, 0.3) is 0 Å². The lowest BCUT2D eigenvalue weighted by Gasteiger charge is -2.16. The van der Waals surface area contributed by atoms with Gasteiger partial charge in [-0.25, -0.2) is 0 Å². The topological polar surface area (TPSA) is 81.5 Å². The number of anilines is 1. The van der Waals surface area contributed by atoms with Gasteiger partial charge in [0.05, 0.1) is 12.1 Å². The molecule has 1 aromatic rings. The van der Waals surface area contributed by atoms with E-state index in [4.69, 9.17) is 11.6 Å². The number of benzene rings is 1. The normalized spacial score (nSPS) is 18.3. The molecule has 0 spiro atoms. The van der Waals surface area contributed by atoms with Crippen molar-refractivity contribution in [3.05, 3.63) is 29.3 Å². The Kier molecular flexibility index (Phi) is 1.96. The smallest absolute Gasteiger partial charge is 0.143 e. The lowest BCUT2D eigenvalue weighted by Crippen LogP contribution is -2.21. The molecule has 0 saturated carbocycles. The van der Waals surface area contributed by atoms with Crippen molar-refractivity contribution >= 4 is 17.2 Å². The fourth-order valence-corrected chi connectivity index (χ4v) is 1.71. The highest BCUT2D eigenvalue weighted by atomic mass is 16.1. The molecule has 0 unspecified atom stereocenters. The molecule has 4 N–H and O–H groups in total. The van der Waals surface area contributed by atoms with Crippen LogP contribution in [0.4, 0.5) is 5.69 Å². The SMILES string of the molecule is NN=C1CC(=O)Cc2cc(N)ccc21. The molecule has 0 aliphatic heterocycles. The summed E-state index contributed by atoms with van der Waals surface area (Å²) in [5.41, 5.74) is 8.81. The Bertz CT molecular complexity index is 423. The summed E-state index contributed by atoms with van der Waals surface area (Å²) in [5.74, 6) is 5.35. The molecule has 1 aliphatic rings. The molecule has 4 nitrogen and oxygen atoms in total. The Hall–Kier alpha value is -1.84. The number of rotatable bonds is 0. The molecule has 14 heavy (non-hydrogen) atoms. The maximum absolute atomic E-state index is 11.3. The molecule has 0 radical (unpaired) electrons. The van der Waals surface area contributed by atoms with Crippen molar-refractivity contribution in [1.29, 1.82) is 0 Å². The summed E-state index contributed by atoms with van der Waals surface area (Å²) < 4.78 is 0. The quantitative estimate of drug-likeness (QED) is 0.353. The number of nitrogens with zero attached hydrogens (tertiary/aromatic N) is 1. The molecule has 0 amide bonds. The van der Waals surface area contributed by atoms with Gasteiger partial charge in [0.1, 0.15) is 5.78 Å². The summed E-state index contributed by atoms with van der Waals surface area (Å²) in [4.78, 5) is 11.3. The van der Waals surface area contributed by atoms with Crippen LogP contribution in [0, 0.1) is 0 Å². The van der Waals surface area contributed by atoms with Crippen molar-refractivity contribution in [3.63, 3.8) is 0 Å². The van der Waals surface area contributed by atoms with E-state index in [0.29, 0.717) is 24.2 Å². The maximum Gasteiger partial charge on any atom is 0.143 e. The second-order valence-corrected chi connectivity index (χ2v) is 3.38. The van der Waals surface area contributed by atoms with E-state index in [2.05, 4.69) is 5.10 Å². The summed E-state index contributed by atoms with van der Waals surface area (Å²) in [6.45, 7) is 0. The molecular weight excluding hydrogens is 178 g/mol. The van der Waals surface area contributed by atoms with Crippen LogP contribution >= 0.6 is 0 Å². The lowest BCUT2D eigenvalue weighted by molar-refractivity contribution is -0.117. The van der Waals surface area contributed by atoms with Gasteiger partial charge >= 0.3 is 0 Å². The number of ketones is 1. The van der Waals surface area contributed by atoms with Gasteiger partial charge in [0.25, 0.3) is 0 Å². The number of carbonyl (C=O) groups is 1. The minimum absolute atomic E-state index is 0.132. The highest BCUT2D eigenvalue weighted by molar-refractivity contribution is 6.15. The van der Waals surface area contributed by atoms with Gasteiger partial charge in [0.2, 0.25) is 0 Å². The number of fused-ring (bicyclic) bond motifs is 1. The molecule has 0 saturated heterocycles. The lowest BCUT2D eigenvalue weighted by atomic mass is 9.89. The van der Waals surface area contributed by atoms with Crippen molar-refractivity contribution in [3.8, 4) is 0 Å². The molecule has 2 rings (SSSR count). The van der Waals surface area contributed by atoms with Gasteiger partial charge in [-0.15, -0.1) is 0 Å². The Balaban J connectivity index is 2.57. The van der Waals surface area contributed by atoms with Crippen LogP contribution in [0.3, 0.4) is 0 Å². The van der Waals surface area contributed by atoms with Crippen LogP contribution in [0.15, 0.2) is 23.3 Å². The van der Waals surface area contributed by atoms with Crippen molar-refractivity contribution < 1.29 is 4.79 Å². The number of nitrogens with two attached hydrogens (primary N) is 2. The van der Waals surface area contributed by atoms with E-state index in [1.165, 1.54) is 0 Å². The van der Waals surface area contributed by atoms with E-state index in [-0.39, 0.29) is 5.78 Å². The zero-order valence-corrected chi connectivity index (χ0v) is 7.66. The number of nitrogen functional groups attached to an aromatic ring is 1. The fraction of sp³-hybridized carbons (Fsp3) is 0.200. The van der Waals surface area contributed by atoms with Gasteiger partial charge < -0.3 is 11.6 Å². The maximum atomic E-state index is 11.3. The average Bonchev–Trinajstić information content (AvgIpc) is 2.15. The Morgan fingerprint density at radius 3 is 2.79 bits per heavy atom. The summed E-state index contributed by atoms with van der Waals surface area (Å²) in [6, 6.07) is 5.46. The second kappa shape index (κ2) is 3.14. The standard InChI is InChI=1S/C10H11N3O/c11-7-1-2-9-6(3-7)4-8(14)5-10(9)13-12/h1-3H,4-5,11-12H2. The first kappa shape index (κ1) is 8.74. The molecule has 1 aromatic carbocycles. The van der Waals surface area contributed by atoms with Crippen LogP contribution in [-0.4, -0.2) is 11.5 Å². The van der Waals surface area contributed by atoms with Crippen LogP contribution in [0.2, 0.25) is 0 Å². The van der Waals surface area contributed by atoms with Crippen LogP contribution < -0.4 is 11.6 Å². The second-order valence-electron chi connectivity index (χ2n) is 3.38. The minimum atomic E-state index is 0.132. The van der Waals surface area contributed by atoms with Crippen molar-refractivity contribution in [2.75, 3.05) is 5.73 Å². The third-order valence-electron chi connectivity index (χ3n) is 2.35. The number of hydrogen-bond acceptors (Lipinski definition) is 4. The summed E-state index contributed by atoms with van der Waals surface area (Å²) in [7, 11) is 0. The zero-order valence-electron chi connectivity index (χ0n) is 7.66. The Morgan fingerprint density at radius 1 is 1.29 bits per heavy atom. The molecule has 4 heteroatoms. The largest absolute Gasteiger partial charge is 0.399 e. The monoisotopic (exact) mass is 189 g/mol. The summed E-state index contributed by atoms with van der Waals surface area (Å²) >= 11 is 0. The Morgan fingerprint density at radius 2 is 2.07 bits per heavy atom. The van der Waals surface area contributed by atoms with E-state index in [0.717, 1.165) is 11.1 Å². The first-order valence-corrected chi connectivity index (χ1v) is 4.38. The van der Waals surface area contributed by atoms with Gasteiger partial charge in [-0.05, 0) is 17.7 Å². The van der Waals surface area contributed by atoms with Gasteiger partial charge in [-0.3, -0.25) is 4.79 Å². The molecule has 0 atom stereocenters. The molecular formula is C10H11N3O. The van der Waals surface area contributed by atoms with E-state index >= 15 is 0 Å². The first-order valence-electron chi connectivity index (χ1n) is 4.38. The highest BCUT2D eigenvalue weighted by Gasteiger charge is 2.21. The predicted molar refractivity (Wildman–Crippen MR) is 54.9 cm³/mol. The molecule has 72 valence electrons. The average molecular weight is 189 g/mol. The van der Waals surface area contributed by atoms with Crippen molar-refractivity contribution in [2.24, 2.45) is 10.9 Å². The molecule has 0 bridgehead atoms. The van der Waals surface area contributed by atoms with Crippen molar-refractivity contribution in [2.45, 2.75) is 12.8 Å². The predicted octanol–water partition coefficient (Wildman–Crippen LogP) is 0.447. The molecule has 0 heterocycles. The number of hydrogen-bond donors (Lipinski definition) is 2. The minimum Gasteiger partial charge on any atom is -0.399 e. The van der Waals surface area contributed by atoms with Gasteiger partial charge in [-0.2, -0.15) is 5.10 Å². The molecule has 0 fully saturated rings. The molecule has 1 aliphatic carbocycles. The molecule has 0 aromatic heterocycles. The van der Waals surface area contributed by atoms with E-state index in [1.807, 2.05) is 6.07 Å².